The lowest BCUT2D eigenvalue weighted by Gasteiger charge is -2.15. The number of methoxy groups -OCH3 is 2. The number of pyridine rings is 1. The van der Waals surface area contributed by atoms with E-state index in [9.17, 15) is 10.1 Å². The highest BCUT2D eigenvalue weighted by molar-refractivity contribution is 5.95. The molecule has 146 valence electrons. The van der Waals surface area contributed by atoms with Gasteiger partial charge in [0.1, 0.15) is 11.9 Å². The molecule has 8 nitrogen and oxygen atoms in total. The van der Waals surface area contributed by atoms with E-state index in [1.165, 1.54) is 12.1 Å². The van der Waals surface area contributed by atoms with Crippen molar-refractivity contribution in [3.05, 3.63) is 70.7 Å². The summed E-state index contributed by atoms with van der Waals surface area (Å²) in [6.45, 7) is 1.98. The molecule has 2 aromatic heterocycles. The molecular formula is C21H19N4O4+. The fourth-order valence-electron chi connectivity index (χ4n) is 3.48. The molecule has 0 saturated carbocycles. The minimum Gasteiger partial charge on any atom is -0.493 e. The van der Waals surface area contributed by atoms with E-state index in [1.54, 1.807) is 38.7 Å². The molecule has 8 heteroatoms. The number of nitrogens with zero attached hydrogens (tertiary/aromatic N) is 3. The van der Waals surface area contributed by atoms with Gasteiger partial charge in [-0.25, -0.2) is 4.98 Å². The Bertz CT molecular complexity index is 1200. The average Bonchev–Trinajstić information content (AvgIpc) is 3.26. The van der Waals surface area contributed by atoms with Crippen LogP contribution in [0.1, 0.15) is 5.69 Å². The first-order valence-electron chi connectivity index (χ1n) is 8.89. The molecule has 0 fully saturated rings. The normalized spacial score (nSPS) is 10.9. The molecule has 2 aromatic carbocycles. The van der Waals surface area contributed by atoms with Crippen LogP contribution in [0.4, 0.5) is 5.69 Å². The number of benzene rings is 2. The fourth-order valence-corrected chi connectivity index (χ4v) is 3.48. The smallest absolute Gasteiger partial charge is 0.401 e. The Labute approximate surface area is 166 Å². The molecule has 0 bridgehead atoms. The second-order valence-electron chi connectivity index (χ2n) is 6.48. The van der Waals surface area contributed by atoms with Crippen molar-refractivity contribution >= 4 is 16.5 Å². The summed E-state index contributed by atoms with van der Waals surface area (Å²) in [5.74, 6) is 1.87. The fraction of sp³-hybridized carbons (Fsp3) is 0.143. The van der Waals surface area contributed by atoms with E-state index in [2.05, 4.69) is 9.97 Å². The Morgan fingerprint density at radius 1 is 1.07 bits per heavy atom. The zero-order valence-corrected chi connectivity index (χ0v) is 16.2. The monoisotopic (exact) mass is 391 g/mol. The maximum atomic E-state index is 11.1. The molecule has 0 amide bonds. The number of ether oxygens (including phenoxy) is 2. The highest BCUT2D eigenvalue weighted by Crippen LogP contribution is 2.36. The van der Waals surface area contributed by atoms with Gasteiger partial charge >= 0.3 is 5.95 Å². The molecule has 0 aliphatic rings. The Morgan fingerprint density at radius 2 is 1.76 bits per heavy atom. The van der Waals surface area contributed by atoms with Crippen molar-refractivity contribution in [3.8, 4) is 28.7 Å². The van der Waals surface area contributed by atoms with Crippen molar-refractivity contribution in [2.24, 2.45) is 0 Å². The van der Waals surface area contributed by atoms with Crippen molar-refractivity contribution in [1.29, 1.82) is 0 Å². The molecule has 0 atom stereocenters. The maximum absolute atomic E-state index is 11.1. The molecule has 0 spiro atoms. The largest absolute Gasteiger partial charge is 0.493 e. The van der Waals surface area contributed by atoms with E-state index in [4.69, 9.17) is 9.47 Å². The van der Waals surface area contributed by atoms with Gasteiger partial charge in [-0.05, 0) is 42.6 Å². The molecule has 1 N–H and O–H groups in total. The van der Waals surface area contributed by atoms with E-state index in [0.717, 1.165) is 27.7 Å². The number of aromatic nitrogens is 3. The number of hydrogen-bond acceptors (Lipinski definition) is 5. The van der Waals surface area contributed by atoms with Crippen LogP contribution in [0.3, 0.4) is 0 Å². The van der Waals surface area contributed by atoms with Gasteiger partial charge in [0, 0.05) is 23.1 Å². The second kappa shape index (κ2) is 7.23. The maximum Gasteiger partial charge on any atom is 0.401 e. The quantitative estimate of drug-likeness (QED) is 0.318. The van der Waals surface area contributed by atoms with Crippen LogP contribution in [0.5, 0.6) is 11.5 Å². The van der Waals surface area contributed by atoms with Crippen LogP contribution in [0.25, 0.3) is 28.0 Å². The molecular weight excluding hydrogens is 372 g/mol. The van der Waals surface area contributed by atoms with Gasteiger partial charge in [-0.1, -0.05) is 4.98 Å². The number of H-pyrrole nitrogens is 1. The number of imidazole rings is 1. The summed E-state index contributed by atoms with van der Waals surface area (Å²) in [6, 6.07) is 12.3. The summed E-state index contributed by atoms with van der Waals surface area (Å²) >= 11 is 0. The zero-order valence-electron chi connectivity index (χ0n) is 16.2. The van der Waals surface area contributed by atoms with E-state index in [1.807, 2.05) is 29.7 Å². The van der Waals surface area contributed by atoms with Crippen LogP contribution in [0.2, 0.25) is 0 Å². The number of rotatable bonds is 5. The zero-order chi connectivity index (χ0) is 20.5. The van der Waals surface area contributed by atoms with Crippen molar-refractivity contribution in [2.75, 3.05) is 14.2 Å². The number of non-ortho nitro benzene ring substituents is 1. The lowest BCUT2D eigenvalue weighted by atomic mass is 10.0. The molecule has 29 heavy (non-hydrogen) atoms. The number of hydrogen-bond donors (Lipinski definition) is 1. The molecule has 0 unspecified atom stereocenters. The highest BCUT2D eigenvalue weighted by atomic mass is 16.6. The summed E-state index contributed by atoms with van der Waals surface area (Å²) in [4.78, 5) is 18.2. The van der Waals surface area contributed by atoms with Crippen LogP contribution in [0.15, 0.2) is 54.9 Å². The minimum absolute atomic E-state index is 0.0366. The molecule has 0 aliphatic carbocycles. The van der Waals surface area contributed by atoms with Crippen molar-refractivity contribution < 1.29 is 19.0 Å². The molecule has 2 heterocycles. The summed E-state index contributed by atoms with van der Waals surface area (Å²) < 4.78 is 12.9. The number of aromatic amines is 1. The van der Waals surface area contributed by atoms with E-state index < -0.39 is 4.92 Å². The predicted octanol–water partition coefficient (Wildman–Crippen LogP) is 3.74. The number of nitro benzene ring substituents is 1. The molecule has 4 rings (SSSR count). The van der Waals surface area contributed by atoms with E-state index in [-0.39, 0.29) is 5.69 Å². The van der Waals surface area contributed by atoms with Crippen molar-refractivity contribution in [1.82, 2.24) is 9.97 Å². The summed E-state index contributed by atoms with van der Waals surface area (Å²) in [6.07, 6.45) is 3.43. The molecule has 0 aliphatic heterocycles. The van der Waals surface area contributed by atoms with Crippen molar-refractivity contribution in [2.45, 2.75) is 6.92 Å². The third-order valence-electron chi connectivity index (χ3n) is 4.80. The van der Waals surface area contributed by atoms with Crippen LogP contribution in [0, 0.1) is 17.0 Å². The number of nitro groups is 1. The third-order valence-corrected chi connectivity index (χ3v) is 4.80. The van der Waals surface area contributed by atoms with Gasteiger partial charge < -0.3 is 9.47 Å². The first-order chi connectivity index (χ1) is 14.0. The van der Waals surface area contributed by atoms with Crippen LogP contribution in [-0.4, -0.2) is 29.1 Å². The first kappa shape index (κ1) is 18.4. The van der Waals surface area contributed by atoms with Gasteiger partial charge in [-0.15, -0.1) is 0 Å². The number of nitrogens with one attached hydrogen (secondary N) is 1. The minimum atomic E-state index is -0.410. The van der Waals surface area contributed by atoms with Crippen molar-refractivity contribution in [3.63, 3.8) is 0 Å². The predicted molar refractivity (Wildman–Crippen MR) is 108 cm³/mol. The second-order valence-corrected chi connectivity index (χ2v) is 6.48. The van der Waals surface area contributed by atoms with Crippen LogP contribution >= 0.6 is 0 Å². The highest BCUT2D eigenvalue weighted by Gasteiger charge is 2.23. The van der Waals surface area contributed by atoms with Gasteiger partial charge in [0.05, 0.1) is 31.0 Å². The lowest BCUT2D eigenvalue weighted by molar-refractivity contribution is -0.597. The summed E-state index contributed by atoms with van der Waals surface area (Å²) in [5.41, 5.74) is 2.63. The third kappa shape index (κ3) is 3.14. The Balaban J connectivity index is 2.09. The lowest BCUT2D eigenvalue weighted by Crippen LogP contribution is -2.38. The van der Waals surface area contributed by atoms with Gasteiger partial charge in [0.25, 0.3) is 5.69 Å². The first-order valence-corrected chi connectivity index (χ1v) is 8.89. The molecule has 0 saturated heterocycles. The average molecular weight is 391 g/mol. The Kier molecular flexibility index (Phi) is 4.59. The molecule has 4 aromatic rings. The van der Waals surface area contributed by atoms with E-state index >= 15 is 0 Å². The van der Waals surface area contributed by atoms with Gasteiger partial charge in [0.2, 0.25) is 0 Å². The van der Waals surface area contributed by atoms with Crippen LogP contribution < -0.4 is 14.0 Å². The van der Waals surface area contributed by atoms with E-state index in [0.29, 0.717) is 17.4 Å². The Morgan fingerprint density at radius 3 is 2.34 bits per heavy atom. The van der Waals surface area contributed by atoms with Gasteiger partial charge in [0.15, 0.2) is 11.5 Å². The SMILES string of the molecule is COc1cc2cc(C)[n+](-c3ncc[nH]3)c(-c3ccc([N+](=O)[O-])cc3)c2cc1OC. The standard InChI is InChI=1S/C21H19N4O4/c1-13-10-15-11-18(28-2)19(29-3)12-17(15)20(24(13)21-22-8-9-23-21)14-4-6-16(7-5-14)25(26)27/h4-12H,1-3H3,(H,22,23)/q+1. The number of fused-ring (bicyclic) bond motifs is 1. The Hall–Kier alpha value is -3.94. The topological polar surface area (TPSA) is 94.2 Å². The van der Waals surface area contributed by atoms with Gasteiger partial charge in [-0.2, -0.15) is 4.57 Å². The number of aryl methyl sites for hydroxylation is 1. The summed E-state index contributed by atoms with van der Waals surface area (Å²) in [7, 11) is 3.18. The van der Waals surface area contributed by atoms with Gasteiger partial charge in [-0.3, -0.25) is 10.1 Å². The molecule has 0 radical (unpaired) electrons. The summed E-state index contributed by atoms with van der Waals surface area (Å²) in [5, 5.41) is 12.9. The van der Waals surface area contributed by atoms with Crippen LogP contribution in [-0.2, 0) is 0 Å².